The predicted octanol–water partition coefficient (Wildman–Crippen LogP) is 1.04. The molecule has 104 valence electrons. The highest BCUT2D eigenvalue weighted by atomic mass is 16.3. The molecule has 2 aliphatic rings. The third-order valence-electron chi connectivity index (χ3n) is 4.64. The summed E-state index contributed by atoms with van der Waals surface area (Å²) in [6.45, 7) is 1.68. The molecule has 1 saturated carbocycles. The molecule has 0 radical (unpaired) electrons. The van der Waals surface area contributed by atoms with Crippen LogP contribution >= 0.6 is 0 Å². The summed E-state index contributed by atoms with van der Waals surface area (Å²) in [6.07, 6.45) is 8.45. The second-order valence-electron chi connectivity index (χ2n) is 5.84. The van der Waals surface area contributed by atoms with Crippen molar-refractivity contribution in [2.75, 3.05) is 13.1 Å². The Balaban J connectivity index is 1.62. The number of hydrogen-bond donors (Lipinski definition) is 1. The van der Waals surface area contributed by atoms with E-state index < -0.39 is 5.60 Å². The number of piperidine rings is 1. The molecule has 1 aliphatic carbocycles. The molecule has 2 fully saturated rings. The van der Waals surface area contributed by atoms with Gasteiger partial charge in [0.15, 0.2) is 0 Å². The van der Waals surface area contributed by atoms with Crippen LogP contribution in [0.25, 0.3) is 0 Å². The van der Waals surface area contributed by atoms with E-state index in [-0.39, 0.29) is 11.8 Å². The van der Waals surface area contributed by atoms with Crippen molar-refractivity contribution in [3.63, 3.8) is 0 Å². The molecule has 2 unspecified atom stereocenters. The number of hydrogen-bond acceptors (Lipinski definition) is 3. The van der Waals surface area contributed by atoms with E-state index in [1.54, 1.807) is 17.1 Å². The predicted molar refractivity (Wildman–Crippen MR) is 70.3 cm³/mol. The van der Waals surface area contributed by atoms with Crippen LogP contribution in [0.1, 0.15) is 32.1 Å². The second-order valence-corrected chi connectivity index (χ2v) is 5.84. The van der Waals surface area contributed by atoms with Crippen LogP contribution in [0, 0.1) is 5.92 Å². The van der Waals surface area contributed by atoms with E-state index >= 15 is 0 Å². The fraction of sp³-hybridized carbons (Fsp3) is 0.714. The van der Waals surface area contributed by atoms with Gasteiger partial charge in [0.05, 0.1) is 5.60 Å². The van der Waals surface area contributed by atoms with Gasteiger partial charge in [0.1, 0.15) is 6.54 Å². The summed E-state index contributed by atoms with van der Waals surface area (Å²) < 4.78 is 1.66. The lowest BCUT2D eigenvalue weighted by Crippen LogP contribution is -2.55. The lowest BCUT2D eigenvalue weighted by molar-refractivity contribution is -0.144. The average molecular weight is 263 g/mol. The molecule has 2 heterocycles. The molecule has 5 nitrogen and oxygen atoms in total. The standard InChI is InChI=1S/C14H21N3O2/c18-13(11-17-8-3-7-15-17)16-9-6-14(19)5-2-1-4-12(14)10-16/h3,7-8,12,19H,1-2,4-6,9-11H2. The van der Waals surface area contributed by atoms with Gasteiger partial charge in [-0.05, 0) is 25.3 Å². The fourth-order valence-electron chi connectivity index (χ4n) is 3.43. The van der Waals surface area contributed by atoms with Gasteiger partial charge < -0.3 is 10.0 Å². The van der Waals surface area contributed by atoms with Crippen LogP contribution in [-0.4, -0.2) is 44.4 Å². The first kappa shape index (κ1) is 12.7. The van der Waals surface area contributed by atoms with Gasteiger partial charge in [-0.1, -0.05) is 12.8 Å². The SMILES string of the molecule is O=C(Cn1cccn1)N1CCC2(O)CCCCC2C1. The second kappa shape index (κ2) is 4.96. The Morgan fingerprint density at radius 1 is 1.42 bits per heavy atom. The maximum absolute atomic E-state index is 12.2. The Labute approximate surface area is 113 Å². The normalized spacial score (nSPS) is 31.0. The molecule has 1 N–H and O–H groups in total. The summed E-state index contributed by atoms with van der Waals surface area (Å²) in [7, 11) is 0. The van der Waals surface area contributed by atoms with Crippen molar-refractivity contribution >= 4 is 5.91 Å². The molecule has 0 spiro atoms. The van der Waals surface area contributed by atoms with Crippen molar-refractivity contribution in [2.24, 2.45) is 5.92 Å². The number of nitrogens with zero attached hydrogens (tertiary/aromatic N) is 3. The number of carbonyl (C=O) groups is 1. The van der Waals surface area contributed by atoms with Gasteiger partial charge in [0, 0.05) is 31.4 Å². The topological polar surface area (TPSA) is 58.4 Å². The molecule has 2 atom stereocenters. The molecule has 5 heteroatoms. The molecule has 19 heavy (non-hydrogen) atoms. The van der Waals surface area contributed by atoms with E-state index in [0.29, 0.717) is 19.6 Å². The third kappa shape index (κ3) is 2.52. The summed E-state index contributed by atoms with van der Waals surface area (Å²) in [6, 6.07) is 1.82. The monoisotopic (exact) mass is 263 g/mol. The first-order valence-corrected chi connectivity index (χ1v) is 7.15. The van der Waals surface area contributed by atoms with E-state index in [1.165, 1.54) is 6.42 Å². The Hall–Kier alpha value is -1.36. The largest absolute Gasteiger partial charge is 0.389 e. The van der Waals surface area contributed by atoms with Gasteiger partial charge in [-0.3, -0.25) is 9.48 Å². The average Bonchev–Trinajstić information content (AvgIpc) is 2.90. The summed E-state index contributed by atoms with van der Waals surface area (Å²) in [5.41, 5.74) is -0.513. The van der Waals surface area contributed by atoms with E-state index in [0.717, 1.165) is 25.7 Å². The van der Waals surface area contributed by atoms with Crippen LogP contribution in [0.3, 0.4) is 0 Å². The highest BCUT2D eigenvalue weighted by Gasteiger charge is 2.43. The van der Waals surface area contributed by atoms with Crippen molar-refractivity contribution in [1.29, 1.82) is 0 Å². The van der Waals surface area contributed by atoms with Crippen LogP contribution in [0.5, 0.6) is 0 Å². The molecule has 1 aromatic rings. The van der Waals surface area contributed by atoms with E-state index in [4.69, 9.17) is 0 Å². The number of likely N-dealkylation sites (tertiary alicyclic amines) is 1. The molecule has 1 saturated heterocycles. The van der Waals surface area contributed by atoms with Crippen molar-refractivity contribution in [3.8, 4) is 0 Å². The highest BCUT2D eigenvalue weighted by molar-refractivity contribution is 5.76. The van der Waals surface area contributed by atoms with E-state index in [2.05, 4.69) is 5.10 Å². The first-order chi connectivity index (χ1) is 9.17. The Morgan fingerprint density at radius 3 is 3.11 bits per heavy atom. The molecule has 0 bridgehead atoms. The Morgan fingerprint density at radius 2 is 2.32 bits per heavy atom. The zero-order chi connectivity index (χ0) is 13.3. The van der Waals surface area contributed by atoms with Crippen molar-refractivity contribution in [1.82, 2.24) is 14.7 Å². The van der Waals surface area contributed by atoms with Crippen LogP contribution in [0.15, 0.2) is 18.5 Å². The zero-order valence-corrected chi connectivity index (χ0v) is 11.2. The summed E-state index contributed by atoms with van der Waals surface area (Å²) in [5.74, 6) is 0.368. The van der Waals surface area contributed by atoms with Crippen LogP contribution in [0.4, 0.5) is 0 Å². The summed E-state index contributed by atoms with van der Waals surface area (Å²) in [5, 5.41) is 14.7. The van der Waals surface area contributed by atoms with Gasteiger partial charge in [0.2, 0.25) is 5.91 Å². The Kier molecular flexibility index (Phi) is 3.31. The van der Waals surface area contributed by atoms with Crippen LogP contribution < -0.4 is 0 Å². The summed E-state index contributed by atoms with van der Waals surface area (Å²) >= 11 is 0. The smallest absolute Gasteiger partial charge is 0.244 e. The lowest BCUT2D eigenvalue weighted by Gasteiger charge is -2.47. The zero-order valence-electron chi connectivity index (χ0n) is 11.2. The molecular weight excluding hydrogens is 242 g/mol. The number of amides is 1. The van der Waals surface area contributed by atoms with Crippen LogP contribution in [0.2, 0.25) is 0 Å². The maximum atomic E-state index is 12.2. The van der Waals surface area contributed by atoms with Crippen molar-refractivity contribution < 1.29 is 9.90 Å². The van der Waals surface area contributed by atoms with Gasteiger partial charge in [0.25, 0.3) is 0 Å². The van der Waals surface area contributed by atoms with Gasteiger partial charge in [-0.25, -0.2) is 0 Å². The highest BCUT2D eigenvalue weighted by Crippen LogP contribution is 2.39. The Bertz CT molecular complexity index is 446. The molecule has 1 aromatic heterocycles. The third-order valence-corrected chi connectivity index (χ3v) is 4.64. The number of fused-ring (bicyclic) bond motifs is 1. The summed E-state index contributed by atoms with van der Waals surface area (Å²) in [4.78, 5) is 14.1. The van der Waals surface area contributed by atoms with Crippen molar-refractivity contribution in [3.05, 3.63) is 18.5 Å². The van der Waals surface area contributed by atoms with Crippen molar-refractivity contribution in [2.45, 2.75) is 44.2 Å². The molecule has 3 rings (SSSR count). The van der Waals surface area contributed by atoms with Gasteiger partial charge in [-0.2, -0.15) is 5.10 Å². The minimum Gasteiger partial charge on any atom is -0.389 e. The number of rotatable bonds is 2. The molecule has 1 amide bonds. The number of aliphatic hydroxyl groups is 1. The molecule has 0 aromatic carbocycles. The minimum absolute atomic E-state index is 0.108. The van der Waals surface area contributed by atoms with Crippen LogP contribution in [-0.2, 0) is 11.3 Å². The quantitative estimate of drug-likeness (QED) is 0.867. The maximum Gasteiger partial charge on any atom is 0.244 e. The van der Waals surface area contributed by atoms with Gasteiger partial charge >= 0.3 is 0 Å². The molecular formula is C14H21N3O2. The number of aromatic nitrogens is 2. The lowest BCUT2D eigenvalue weighted by atomic mass is 9.71. The van der Waals surface area contributed by atoms with E-state index in [9.17, 15) is 9.90 Å². The first-order valence-electron chi connectivity index (χ1n) is 7.15. The minimum atomic E-state index is -0.513. The van der Waals surface area contributed by atoms with E-state index in [1.807, 2.05) is 11.0 Å². The molecule has 1 aliphatic heterocycles. The van der Waals surface area contributed by atoms with Gasteiger partial charge in [-0.15, -0.1) is 0 Å². The fourth-order valence-corrected chi connectivity index (χ4v) is 3.43. The number of carbonyl (C=O) groups excluding carboxylic acids is 1.